The second kappa shape index (κ2) is 6.97. The van der Waals surface area contributed by atoms with Gasteiger partial charge in [-0.25, -0.2) is 4.39 Å². The first-order chi connectivity index (χ1) is 9.61. The lowest BCUT2D eigenvalue weighted by atomic mass is 10.0. The molecule has 0 radical (unpaired) electrons. The largest absolute Gasteiger partial charge is 0.289 e. The van der Waals surface area contributed by atoms with Crippen LogP contribution in [0.15, 0.2) is 42.5 Å². The minimum Gasteiger partial charge on any atom is -0.289 e. The van der Waals surface area contributed by atoms with Crippen LogP contribution < -0.4 is 0 Å². The second-order valence-electron chi connectivity index (χ2n) is 4.75. The third-order valence-electron chi connectivity index (χ3n) is 3.21. The Labute approximate surface area is 132 Å². The van der Waals surface area contributed by atoms with Gasteiger partial charge < -0.3 is 0 Å². The van der Waals surface area contributed by atoms with Gasteiger partial charge in [0, 0.05) is 14.7 Å². The van der Waals surface area contributed by atoms with Crippen molar-refractivity contribution in [3.8, 4) is 0 Å². The zero-order valence-corrected chi connectivity index (χ0v) is 13.5. The Morgan fingerprint density at radius 1 is 1.15 bits per heavy atom. The molecule has 104 valence electrons. The van der Waals surface area contributed by atoms with Crippen molar-refractivity contribution in [2.75, 3.05) is 0 Å². The van der Waals surface area contributed by atoms with E-state index in [2.05, 4.69) is 6.92 Å². The Morgan fingerprint density at radius 2 is 1.85 bits per heavy atom. The van der Waals surface area contributed by atoms with Crippen molar-refractivity contribution in [3.63, 3.8) is 0 Å². The summed E-state index contributed by atoms with van der Waals surface area (Å²) in [6.07, 6.45) is 3.36. The second-order valence-corrected chi connectivity index (χ2v) is 5.92. The van der Waals surface area contributed by atoms with E-state index in [9.17, 15) is 9.18 Å². The van der Waals surface area contributed by atoms with Gasteiger partial charge in [-0.15, -0.1) is 0 Å². The highest BCUT2D eigenvalue weighted by Crippen LogP contribution is 2.18. The smallest absolute Gasteiger partial charge is 0.194 e. The molecule has 0 N–H and O–H groups in total. The zero-order valence-electron chi connectivity index (χ0n) is 11.3. The van der Waals surface area contributed by atoms with Gasteiger partial charge in [0.2, 0.25) is 0 Å². The number of carbonyl (C=O) groups is 1. The van der Waals surface area contributed by atoms with Crippen LogP contribution in [-0.4, -0.2) is 5.78 Å². The molecule has 3 heteroatoms. The Hall–Kier alpha value is -1.23. The zero-order chi connectivity index (χ0) is 14.5. The number of ketones is 1. The maximum Gasteiger partial charge on any atom is 0.194 e. The summed E-state index contributed by atoms with van der Waals surface area (Å²) in [5.74, 6) is -0.377. The molecule has 0 aromatic heterocycles. The van der Waals surface area contributed by atoms with Gasteiger partial charge in [-0.1, -0.05) is 37.6 Å². The van der Waals surface area contributed by atoms with E-state index < -0.39 is 0 Å². The van der Waals surface area contributed by atoms with E-state index in [0.717, 1.165) is 19.3 Å². The Kier molecular flexibility index (Phi) is 5.29. The first kappa shape index (κ1) is 15.2. The topological polar surface area (TPSA) is 17.1 Å². The first-order valence-corrected chi connectivity index (χ1v) is 7.78. The fourth-order valence-electron chi connectivity index (χ4n) is 2.03. The van der Waals surface area contributed by atoms with Crippen LogP contribution in [0.1, 0.15) is 41.3 Å². The van der Waals surface area contributed by atoms with Crippen molar-refractivity contribution >= 4 is 28.4 Å². The Balaban J connectivity index is 2.20. The molecule has 2 rings (SSSR count). The average Bonchev–Trinajstić information content (AvgIpc) is 2.45. The van der Waals surface area contributed by atoms with E-state index in [1.54, 1.807) is 6.07 Å². The van der Waals surface area contributed by atoms with Crippen LogP contribution in [0, 0.1) is 9.39 Å². The standard InChI is InChI=1S/C17H16FIO/c1-2-3-4-12-5-7-13(8-6-12)17(20)15-10-9-14(18)11-16(15)19/h5-11H,2-4H2,1H3. The van der Waals surface area contributed by atoms with Gasteiger partial charge in [-0.05, 0) is 59.2 Å². The van der Waals surface area contributed by atoms with Crippen molar-refractivity contribution in [1.29, 1.82) is 0 Å². The van der Waals surface area contributed by atoms with Crippen molar-refractivity contribution in [1.82, 2.24) is 0 Å². The molecule has 2 aromatic rings. The normalized spacial score (nSPS) is 10.6. The summed E-state index contributed by atoms with van der Waals surface area (Å²) >= 11 is 1.99. The fraction of sp³-hybridized carbons (Fsp3) is 0.235. The van der Waals surface area contributed by atoms with E-state index in [1.807, 2.05) is 46.9 Å². The maximum absolute atomic E-state index is 13.1. The van der Waals surface area contributed by atoms with Crippen molar-refractivity contribution in [2.24, 2.45) is 0 Å². The number of rotatable bonds is 5. The molecule has 0 amide bonds. The summed E-state index contributed by atoms with van der Waals surface area (Å²) in [7, 11) is 0. The molecule has 2 aromatic carbocycles. The lowest BCUT2D eigenvalue weighted by molar-refractivity contribution is 0.103. The van der Waals surface area contributed by atoms with Crippen molar-refractivity contribution in [3.05, 3.63) is 68.5 Å². The predicted octanol–water partition coefficient (Wildman–Crippen LogP) is 5.00. The minimum absolute atomic E-state index is 0.0589. The monoisotopic (exact) mass is 382 g/mol. The van der Waals surface area contributed by atoms with Crippen molar-refractivity contribution in [2.45, 2.75) is 26.2 Å². The third kappa shape index (κ3) is 3.66. The Morgan fingerprint density at radius 3 is 2.45 bits per heavy atom. The van der Waals surface area contributed by atoms with Crippen LogP contribution in [0.25, 0.3) is 0 Å². The van der Waals surface area contributed by atoms with Gasteiger partial charge in [0.1, 0.15) is 5.82 Å². The summed E-state index contributed by atoms with van der Waals surface area (Å²) in [5, 5.41) is 0. The highest BCUT2D eigenvalue weighted by molar-refractivity contribution is 14.1. The van der Waals surface area contributed by atoms with Gasteiger partial charge in [-0.2, -0.15) is 0 Å². The molecule has 20 heavy (non-hydrogen) atoms. The molecule has 1 nitrogen and oxygen atoms in total. The number of unbranched alkanes of at least 4 members (excludes halogenated alkanes) is 1. The molecule has 0 unspecified atom stereocenters. The number of hydrogen-bond acceptors (Lipinski definition) is 1. The number of benzene rings is 2. The maximum atomic E-state index is 13.1. The molecular formula is C17H16FIO. The molecule has 0 spiro atoms. The molecule has 0 aliphatic rings. The first-order valence-electron chi connectivity index (χ1n) is 6.70. The average molecular weight is 382 g/mol. The van der Waals surface area contributed by atoms with Gasteiger partial charge in [0.05, 0.1) is 0 Å². The van der Waals surface area contributed by atoms with E-state index in [-0.39, 0.29) is 11.6 Å². The highest BCUT2D eigenvalue weighted by Gasteiger charge is 2.12. The molecule has 0 saturated heterocycles. The molecule has 0 heterocycles. The van der Waals surface area contributed by atoms with Crippen LogP contribution in [-0.2, 0) is 6.42 Å². The van der Waals surface area contributed by atoms with Gasteiger partial charge in [-0.3, -0.25) is 4.79 Å². The molecule has 0 bridgehead atoms. The van der Waals surface area contributed by atoms with Crippen LogP contribution in [0.5, 0.6) is 0 Å². The molecule has 0 fully saturated rings. The molecular weight excluding hydrogens is 366 g/mol. The molecule has 0 aliphatic heterocycles. The third-order valence-corrected chi connectivity index (χ3v) is 4.10. The van der Waals surface area contributed by atoms with Crippen LogP contribution in [0.2, 0.25) is 0 Å². The minimum atomic E-state index is -0.319. The van der Waals surface area contributed by atoms with Crippen LogP contribution >= 0.6 is 22.6 Å². The Bertz CT molecular complexity index is 605. The molecule has 0 aliphatic carbocycles. The SMILES string of the molecule is CCCCc1ccc(C(=O)c2ccc(F)cc2I)cc1. The summed E-state index contributed by atoms with van der Waals surface area (Å²) in [6, 6.07) is 12.0. The number of aryl methyl sites for hydroxylation is 1. The van der Waals surface area contributed by atoms with E-state index >= 15 is 0 Å². The number of halogens is 2. The summed E-state index contributed by atoms with van der Waals surface area (Å²) in [4.78, 5) is 12.4. The van der Waals surface area contributed by atoms with E-state index in [4.69, 9.17) is 0 Å². The molecule has 0 atom stereocenters. The summed E-state index contributed by atoms with van der Waals surface area (Å²) < 4.78 is 13.7. The molecule has 0 saturated carbocycles. The highest BCUT2D eigenvalue weighted by atomic mass is 127. The lowest BCUT2D eigenvalue weighted by Gasteiger charge is -2.05. The van der Waals surface area contributed by atoms with Crippen LogP contribution in [0.3, 0.4) is 0 Å². The summed E-state index contributed by atoms with van der Waals surface area (Å²) in [6.45, 7) is 2.16. The van der Waals surface area contributed by atoms with Crippen molar-refractivity contribution < 1.29 is 9.18 Å². The van der Waals surface area contributed by atoms with Gasteiger partial charge >= 0.3 is 0 Å². The van der Waals surface area contributed by atoms with E-state index in [0.29, 0.717) is 14.7 Å². The summed E-state index contributed by atoms with van der Waals surface area (Å²) in [5.41, 5.74) is 2.44. The quantitative estimate of drug-likeness (QED) is 0.525. The number of carbonyl (C=O) groups excluding carboxylic acids is 1. The fourth-order valence-corrected chi connectivity index (χ4v) is 2.76. The van der Waals surface area contributed by atoms with E-state index in [1.165, 1.54) is 17.7 Å². The predicted molar refractivity (Wildman–Crippen MR) is 87.6 cm³/mol. The van der Waals surface area contributed by atoms with Gasteiger partial charge in [0.25, 0.3) is 0 Å². The lowest BCUT2D eigenvalue weighted by Crippen LogP contribution is -2.04. The van der Waals surface area contributed by atoms with Crippen LogP contribution in [0.4, 0.5) is 4.39 Å². The van der Waals surface area contributed by atoms with Gasteiger partial charge in [0.15, 0.2) is 5.78 Å². The number of hydrogen-bond donors (Lipinski definition) is 0.